The molecule has 0 spiro atoms. The molecule has 15 heavy (non-hydrogen) atoms. The summed E-state index contributed by atoms with van der Waals surface area (Å²) in [6, 6.07) is 3.21. The maximum absolute atomic E-state index is 9.89. The molecule has 0 bridgehead atoms. The molecular formula is C10H13Cl2NO2. The van der Waals surface area contributed by atoms with Gasteiger partial charge >= 0.3 is 0 Å². The number of ether oxygens (including phenoxy) is 1. The molecule has 0 aliphatic carbocycles. The molecule has 1 aromatic carbocycles. The fraction of sp³-hybridized carbons (Fsp3) is 0.400. The van der Waals surface area contributed by atoms with E-state index in [9.17, 15) is 5.11 Å². The first-order chi connectivity index (χ1) is 6.97. The zero-order valence-electron chi connectivity index (χ0n) is 8.79. The third kappa shape index (κ3) is 2.75. The molecule has 0 radical (unpaired) electrons. The first-order valence-corrected chi connectivity index (χ1v) is 5.10. The van der Waals surface area contributed by atoms with Crippen LogP contribution in [0.25, 0.3) is 0 Å². The van der Waals surface area contributed by atoms with Crippen molar-refractivity contribution in [3.05, 3.63) is 27.7 Å². The van der Waals surface area contributed by atoms with E-state index in [1.807, 2.05) is 0 Å². The summed E-state index contributed by atoms with van der Waals surface area (Å²) in [6.07, 6.45) is -0.795. The third-order valence-electron chi connectivity index (χ3n) is 2.01. The van der Waals surface area contributed by atoms with E-state index in [-0.39, 0.29) is 0 Å². The van der Waals surface area contributed by atoms with E-state index < -0.39 is 6.23 Å². The van der Waals surface area contributed by atoms with Crippen LogP contribution in [0.3, 0.4) is 0 Å². The second kappa shape index (κ2) is 5.03. The summed E-state index contributed by atoms with van der Waals surface area (Å²) in [4.78, 5) is 1.63. The van der Waals surface area contributed by atoms with Crippen molar-refractivity contribution in [2.45, 2.75) is 6.23 Å². The summed E-state index contributed by atoms with van der Waals surface area (Å²) in [5, 5.41) is 10.7. The first kappa shape index (κ1) is 12.6. The monoisotopic (exact) mass is 249 g/mol. The van der Waals surface area contributed by atoms with Crippen LogP contribution in [0, 0.1) is 0 Å². The molecule has 1 aromatic rings. The van der Waals surface area contributed by atoms with E-state index >= 15 is 0 Å². The number of methoxy groups -OCH3 is 1. The van der Waals surface area contributed by atoms with Crippen molar-refractivity contribution in [1.82, 2.24) is 4.90 Å². The van der Waals surface area contributed by atoms with Crippen LogP contribution in [0.4, 0.5) is 0 Å². The highest BCUT2D eigenvalue weighted by Gasteiger charge is 2.18. The summed E-state index contributed by atoms with van der Waals surface area (Å²) in [5.74, 6) is 0.447. The normalized spacial score (nSPS) is 13.0. The molecule has 84 valence electrons. The lowest BCUT2D eigenvalue weighted by Crippen LogP contribution is -2.20. The maximum Gasteiger partial charge on any atom is 0.144 e. The zero-order valence-corrected chi connectivity index (χ0v) is 10.3. The standard InChI is InChI=1S/C10H13Cl2NO2/c1-13(2)10(14)7-4-6(11)5-8(12)9(7)15-3/h4-5,10,14H,1-3H3. The molecule has 3 nitrogen and oxygen atoms in total. The predicted octanol–water partition coefficient (Wildman–Crippen LogP) is 2.55. The number of hydrogen-bond donors (Lipinski definition) is 1. The zero-order chi connectivity index (χ0) is 11.6. The Morgan fingerprint density at radius 2 is 1.93 bits per heavy atom. The Kier molecular flexibility index (Phi) is 4.22. The summed E-state index contributed by atoms with van der Waals surface area (Å²) >= 11 is 11.8. The SMILES string of the molecule is COc1c(Cl)cc(Cl)cc1C(O)N(C)C. The molecule has 0 heterocycles. The summed E-state index contributed by atoms with van der Waals surface area (Å²) < 4.78 is 5.13. The van der Waals surface area contributed by atoms with Crippen molar-refractivity contribution in [2.75, 3.05) is 21.2 Å². The van der Waals surface area contributed by atoms with Crippen molar-refractivity contribution >= 4 is 23.2 Å². The van der Waals surface area contributed by atoms with Crippen LogP contribution in [-0.2, 0) is 0 Å². The minimum Gasteiger partial charge on any atom is -0.495 e. The molecular weight excluding hydrogens is 237 g/mol. The van der Waals surface area contributed by atoms with Crippen molar-refractivity contribution in [3.8, 4) is 5.75 Å². The molecule has 5 heteroatoms. The number of hydrogen-bond acceptors (Lipinski definition) is 3. The van der Waals surface area contributed by atoms with Crippen LogP contribution in [0.2, 0.25) is 10.0 Å². The lowest BCUT2D eigenvalue weighted by atomic mass is 10.1. The van der Waals surface area contributed by atoms with Crippen LogP contribution >= 0.6 is 23.2 Å². The number of rotatable bonds is 3. The lowest BCUT2D eigenvalue weighted by molar-refractivity contribution is 0.0375. The number of aliphatic hydroxyl groups excluding tert-OH is 1. The maximum atomic E-state index is 9.89. The van der Waals surface area contributed by atoms with Crippen LogP contribution in [0.5, 0.6) is 5.75 Å². The van der Waals surface area contributed by atoms with E-state index in [2.05, 4.69) is 0 Å². The molecule has 1 unspecified atom stereocenters. The van der Waals surface area contributed by atoms with Gasteiger partial charge in [0.25, 0.3) is 0 Å². The second-order valence-corrected chi connectivity index (χ2v) is 4.19. The van der Waals surface area contributed by atoms with Crippen molar-refractivity contribution in [1.29, 1.82) is 0 Å². The molecule has 0 aliphatic rings. The van der Waals surface area contributed by atoms with Gasteiger partial charge in [-0.15, -0.1) is 0 Å². The highest BCUT2D eigenvalue weighted by Crippen LogP contribution is 2.36. The van der Waals surface area contributed by atoms with E-state index in [1.54, 1.807) is 31.1 Å². The minimum atomic E-state index is -0.795. The topological polar surface area (TPSA) is 32.7 Å². The van der Waals surface area contributed by atoms with Crippen LogP contribution in [0.15, 0.2) is 12.1 Å². The van der Waals surface area contributed by atoms with Crippen molar-refractivity contribution < 1.29 is 9.84 Å². The Bertz CT molecular complexity index is 356. The van der Waals surface area contributed by atoms with Gasteiger partial charge in [0.15, 0.2) is 0 Å². The summed E-state index contributed by atoms with van der Waals surface area (Å²) in [7, 11) is 5.00. The number of nitrogens with zero attached hydrogens (tertiary/aromatic N) is 1. The predicted molar refractivity (Wildman–Crippen MR) is 61.7 cm³/mol. The Hall–Kier alpha value is -0.480. The van der Waals surface area contributed by atoms with Crippen molar-refractivity contribution in [3.63, 3.8) is 0 Å². The number of aliphatic hydroxyl groups is 1. The average Bonchev–Trinajstić information content (AvgIpc) is 2.15. The number of halogens is 2. The van der Waals surface area contributed by atoms with Gasteiger partial charge in [0.05, 0.1) is 12.1 Å². The highest BCUT2D eigenvalue weighted by molar-refractivity contribution is 6.35. The van der Waals surface area contributed by atoms with Crippen molar-refractivity contribution in [2.24, 2.45) is 0 Å². The second-order valence-electron chi connectivity index (χ2n) is 3.35. The van der Waals surface area contributed by atoms with Gasteiger partial charge < -0.3 is 9.84 Å². The average molecular weight is 250 g/mol. The van der Waals surface area contributed by atoms with Gasteiger partial charge in [-0.25, -0.2) is 0 Å². The van der Waals surface area contributed by atoms with Gasteiger partial charge in [0.1, 0.15) is 12.0 Å². The highest BCUT2D eigenvalue weighted by atomic mass is 35.5. The fourth-order valence-electron chi connectivity index (χ4n) is 1.27. The number of benzene rings is 1. The Morgan fingerprint density at radius 3 is 2.40 bits per heavy atom. The molecule has 1 atom stereocenters. The van der Waals surface area contributed by atoms with E-state index in [1.165, 1.54) is 7.11 Å². The van der Waals surface area contributed by atoms with Gasteiger partial charge in [-0.1, -0.05) is 23.2 Å². The molecule has 0 fully saturated rings. The van der Waals surface area contributed by atoms with Crippen LogP contribution < -0.4 is 4.74 Å². The van der Waals surface area contributed by atoms with E-state index in [0.29, 0.717) is 21.4 Å². The Labute approximate surface area is 99.2 Å². The molecule has 0 aromatic heterocycles. The molecule has 0 aliphatic heterocycles. The minimum absolute atomic E-state index is 0.390. The molecule has 0 saturated heterocycles. The van der Waals surface area contributed by atoms with Gasteiger partial charge in [-0.2, -0.15) is 0 Å². The molecule has 1 N–H and O–H groups in total. The summed E-state index contributed by atoms with van der Waals surface area (Å²) in [5.41, 5.74) is 0.556. The molecule has 0 saturated carbocycles. The Morgan fingerprint density at radius 1 is 1.33 bits per heavy atom. The van der Waals surface area contributed by atoms with Crippen LogP contribution in [-0.4, -0.2) is 31.2 Å². The largest absolute Gasteiger partial charge is 0.495 e. The molecule has 1 rings (SSSR count). The lowest BCUT2D eigenvalue weighted by Gasteiger charge is -2.21. The fourth-order valence-corrected chi connectivity index (χ4v) is 1.85. The Balaban J connectivity index is 3.26. The summed E-state index contributed by atoms with van der Waals surface area (Å²) in [6.45, 7) is 0. The quantitative estimate of drug-likeness (QED) is 0.837. The van der Waals surface area contributed by atoms with Gasteiger partial charge in [-0.05, 0) is 26.2 Å². The van der Waals surface area contributed by atoms with Gasteiger partial charge in [0, 0.05) is 10.6 Å². The molecule has 0 amide bonds. The van der Waals surface area contributed by atoms with E-state index in [0.717, 1.165) is 0 Å². The smallest absolute Gasteiger partial charge is 0.144 e. The van der Waals surface area contributed by atoms with Crippen LogP contribution in [0.1, 0.15) is 11.8 Å². The van der Waals surface area contributed by atoms with Gasteiger partial charge in [0.2, 0.25) is 0 Å². The van der Waals surface area contributed by atoms with E-state index in [4.69, 9.17) is 27.9 Å². The third-order valence-corrected chi connectivity index (χ3v) is 2.51. The first-order valence-electron chi connectivity index (χ1n) is 4.34. The van der Waals surface area contributed by atoms with Gasteiger partial charge in [-0.3, -0.25) is 4.90 Å².